The molecule has 0 radical (unpaired) electrons. The summed E-state index contributed by atoms with van der Waals surface area (Å²) in [6.07, 6.45) is 1.55. The molecule has 10 heteroatoms. The topological polar surface area (TPSA) is 105 Å². The maximum atomic E-state index is 12.8. The fourth-order valence-corrected chi connectivity index (χ4v) is 3.60. The monoisotopic (exact) mass is 433 g/mol. The van der Waals surface area contributed by atoms with E-state index >= 15 is 0 Å². The Hall–Kier alpha value is -3.40. The lowest BCUT2D eigenvalue weighted by molar-refractivity contribution is -0.123. The number of esters is 1. The molecule has 1 aromatic carbocycles. The first-order chi connectivity index (χ1) is 14.4. The Morgan fingerprint density at radius 3 is 2.33 bits per heavy atom. The summed E-state index contributed by atoms with van der Waals surface area (Å²) in [6.45, 7) is -0.109. The molecule has 1 aliphatic rings. The van der Waals surface area contributed by atoms with Gasteiger partial charge in [-0.15, -0.1) is 0 Å². The van der Waals surface area contributed by atoms with Crippen LogP contribution in [0.5, 0.6) is 17.2 Å². The van der Waals surface area contributed by atoms with Gasteiger partial charge in [-0.2, -0.15) is 0 Å². The quantitative estimate of drug-likeness (QED) is 0.480. The van der Waals surface area contributed by atoms with E-state index in [-0.39, 0.29) is 23.0 Å². The minimum atomic E-state index is -0.643. The van der Waals surface area contributed by atoms with E-state index < -0.39 is 17.1 Å². The van der Waals surface area contributed by atoms with E-state index in [2.05, 4.69) is 4.74 Å². The first kappa shape index (κ1) is 21.3. The number of imide groups is 1. The van der Waals surface area contributed by atoms with Crippen LogP contribution in [0.15, 0.2) is 33.6 Å². The van der Waals surface area contributed by atoms with Gasteiger partial charge in [0.05, 0.1) is 39.9 Å². The van der Waals surface area contributed by atoms with Gasteiger partial charge in [-0.25, -0.2) is 4.79 Å². The number of methoxy groups -OCH3 is 4. The Kier molecular flexibility index (Phi) is 6.36. The van der Waals surface area contributed by atoms with Crippen molar-refractivity contribution >= 4 is 35.0 Å². The van der Waals surface area contributed by atoms with E-state index in [1.165, 1.54) is 40.6 Å². The van der Waals surface area contributed by atoms with Crippen LogP contribution in [0.4, 0.5) is 4.79 Å². The van der Waals surface area contributed by atoms with Crippen molar-refractivity contribution < 1.29 is 37.7 Å². The molecule has 2 aromatic rings. The number of amides is 2. The molecule has 1 aliphatic heterocycles. The molecule has 1 aromatic heterocycles. The molecule has 9 nitrogen and oxygen atoms in total. The van der Waals surface area contributed by atoms with Gasteiger partial charge in [0.15, 0.2) is 11.5 Å². The van der Waals surface area contributed by atoms with E-state index in [1.807, 2.05) is 0 Å². The molecule has 1 fully saturated rings. The molecule has 3 rings (SSSR count). The van der Waals surface area contributed by atoms with Crippen LogP contribution >= 0.6 is 11.8 Å². The smallest absolute Gasteiger partial charge is 0.373 e. The first-order valence-corrected chi connectivity index (χ1v) is 9.45. The van der Waals surface area contributed by atoms with Crippen molar-refractivity contribution in [3.8, 4) is 17.2 Å². The van der Waals surface area contributed by atoms with Crippen molar-refractivity contribution in [2.24, 2.45) is 0 Å². The number of nitrogens with zero attached hydrogens (tertiary/aromatic N) is 1. The van der Waals surface area contributed by atoms with Crippen LogP contribution < -0.4 is 14.2 Å². The summed E-state index contributed by atoms with van der Waals surface area (Å²) in [6, 6.07) is 6.22. The molecule has 0 unspecified atom stereocenters. The standard InChI is InChI=1S/C20H19NO8S/c1-25-14-9-16(27-3)15(26-2)7-11(14)8-17-18(22)21(20(24)30-17)10-12-5-6-13(29-12)19(23)28-4/h5-9H,10H2,1-4H3. The van der Waals surface area contributed by atoms with Crippen LogP contribution in [0.1, 0.15) is 21.9 Å². The molecule has 0 bridgehead atoms. The summed E-state index contributed by atoms with van der Waals surface area (Å²) in [5.74, 6) is 0.517. The molecule has 2 amide bonds. The summed E-state index contributed by atoms with van der Waals surface area (Å²) in [7, 11) is 5.71. The van der Waals surface area contributed by atoms with Crippen LogP contribution in [0.2, 0.25) is 0 Å². The first-order valence-electron chi connectivity index (χ1n) is 8.64. The third-order valence-electron chi connectivity index (χ3n) is 4.26. The van der Waals surface area contributed by atoms with Crippen LogP contribution in [0.25, 0.3) is 6.08 Å². The van der Waals surface area contributed by atoms with E-state index in [1.54, 1.807) is 18.2 Å². The van der Waals surface area contributed by atoms with Crippen molar-refractivity contribution in [1.82, 2.24) is 4.90 Å². The SMILES string of the molecule is COC(=O)c1ccc(CN2C(=O)SC(=Cc3cc(OC)c(OC)cc3OC)C2=O)o1. The van der Waals surface area contributed by atoms with Gasteiger partial charge in [-0.05, 0) is 36.0 Å². The van der Waals surface area contributed by atoms with Crippen LogP contribution in [0, 0.1) is 0 Å². The maximum absolute atomic E-state index is 12.8. The third-order valence-corrected chi connectivity index (χ3v) is 5.17. The van der Waals surface area contributed by atoms with Gasteiger partial charge in [-0.3, -0.25) is 14.5 Å². The highest BCUT2D eigenvalue weighted by Crippen LogP contribution is 2.39. The van der Waals surface area contributed by atoms with Gasteiger partial charge >= 0.3 is 5.97 Å². The Morgan fingerprint density at radius 2 is 1.70 bits per heavy atom. The highest BCUT2D eigenvalue weighted by atomic mass is 32.2. The predicted molar refractivity (Wildman–Crippen MR) is 108 cm³/mol. The molecule has 0 saturated carbocycles. The normalized spacial score (nSPS) is 14.9. The average Bonchev–Trinajstić information content (AvgIpc) is 3.33. The van der Waals surface area contributed by atoms with Crippen LogP contribution in [0.3, 0.4) is 0 Å². The van der Waals surface area contributed by atoms with E-state index in [0.29, 0.717) is 22.8 Å². The van der Waals surface area contributed by atoms with Gasteiger partial charge in [0.1, 0.15) is 11.5 Å². The lowest BCUT2D eigenvalue weighted by Gasteiger charge is -2.12. The van der Waals surface area contributed by atoms with Crippen molar-refractivity contribution in [1.29, 1.82) is 0 Å². The predicted octanol–water partition coefficient (Wildman–Crippen LogP) is 3.33. The number of carbonyl (C=O) groups is 3. The average molecular weight is 433 g/mol. The van der Waals surface area contributed by atoms with Gasteiger partial charge in [0.25, 0.3) is 11.1 Å². The van der Waals surface area contributed by atoms with Crippen molar-refractivity contribution in [2.75, 3.05) is 28.4 Å². The number of benzene rings is 1. The Labute approximate surface area is 176 Å². The zero-order chi connectivity index (χ0) is 21.8. The van der Waals surface area contributed by atoms with Crippen LogP contribution in [-0.4, -0.2) is 50.5 Å². The molecular weight excluding hydrogens is 414 g/mol. The highest BCUT2D eigenvalue weighted by Gasteiger charge is 2.36. The Bertz CT molecular complexity index is 1030. The lowest BCUT2D eigenvalue weighted by atomic mass is 10.1. The Balaban J connectivity index is 1.86. The largest absolute Gasteiger partial charge is 0.496 e. The molecule has 0 N–H and O–H groups in total. The summed E-state index contributed by atoms with van der Waals surface area (Å²) in [4.78, 5) is 37.9. The van der Waals surface area contributed by atoms with E-state index in [9.17, 15) is 14.4 Å². The third kappa shape index (κ3) is 4.13. The van der Waals surface area contributed by atoms with Crippen LogP contribution in [-0.2, 0) is 16.1 Å². The molecule has 158 valence electrons. The molecule has 0 atom stereocenters. The molecule has 0 aliphatic carbocycles. The summed E-state index contributed by atoms with van der Waals surface area (Å²) < 4.78 is 25.8. The van der Waals surface area contributed by atoms with E-state index in [0.717, 1.165) is 16.7 Å². The lowest BCUT2D eigenvalue weighted by Crippen LogP contribution is -2.27. The number of hydrogen-bond acceptors (Lipinski definition) is 9. The second kappa shape index (κ2) is 8.95. The fraction of sp³-hybridized carbons (Fsp3) is 0.250. The minimum absolute atomic E-state index is 0.00919. The molecule has 1 saturated heterocycles. The zero-order valence-electron chi connectivity index (χ0n) is 16.7. The van der Waals surface area contributed by atoms with Gasteiger partial charge in [-0.1, -0.05) is 0 Å². The van der Waals surface area contributed by atoms with Crippen molar-refractivity contribution in [3.05, 3.63) is 46.3 Å². The van der Waals surface area contributed by atoms with Crippen molar-refractivity contribution in [2.45, 2.75) is 6.54 Å². The summed E-state index contributed by atoms with van der Waals surface area (Å²) in [5.41, 5.74) is 0.548. The molecule has 30 heavy (non-hydrogen) atoms. The summed E-state index contributed by atoms with van der Waals surface area (Å²) in [5, 5.41) is -0.457. The summed E-state index contributed by atoms with van der Waals surface area (Å²) >= 11 is 0.794. The minimum Gasteiger partial charge on any atom is -0.496 e. The second-order valence-corrected chi connectivity index (χ2v) is 6.97. The number of carbonyl (C=O) groups excluding carboxylic acids is 3. The van der Waals surface area contributed by atoms with Gasteiger partial charge in [0, 0.05) is 11.6 Å². The fourth-order valence-electron chi connectivity index (χ4n) is 2.77. The second-order valence-electron chi connectivity index (χ2n) is 5.97. The number of thioether (sulfide) groups is 1. The molecule has 2 heterocycles. The van der Waals surface area contributed by atoms with Gasteiger partial charge in [0.2, 0.25) is 5.76 Å². The van der Waals surface area contributed by atoms with E-state index in [4.69, 9.17) is 18.6 Å². The number of rotatable bonds is 7. The number of hydrogen-bond donors (Lipinski definition) is 0. The van der Waals surface area contributed by atoms with Gasteiger partial charge < -0.3 is 23.4 Å². The molecule has 0 spiro atoms. The highest BCUT2D eigenvalue weighted by molar-refractivity contribution is 8.18. The maximum Gasteiger partial charge on any atom is 0.373 e. The number of furan rings is 1. The van der Waals surface area contributed by atoms with Crippen molar-refractivity contribution in [3.63, 3.8) is 0 Å². The zero-order valence-corrected chi connectivity index (χ0v) is 17.5. The Morgan fingerprint density at radius 1 is 1.03 bits per heavy atom. The number of ether oxygens (including phenoxy) is 4. The molecular formula is C20H19NO8S.